The first-order valence-corrected chi connectivity index (χ1v) is 8.34. The van der Waals surface area contributed by atoms with E-state index in [4.69, 9.17) is 9.05 Å². The molecule has 0 aliphatic carbocycles. The van der Waals surface area contributed by atoms with Crippen molar-refractivity contribution in [2.75, 3.05) is 14.2 Å². The Hall–Kier alpha value is -1.46. The summed E-state index contributed by atoms with van der Waals surface area (Å²) in [5.74, 6) is 0. The summed E-state index contributed by atoms with van der Waals surface area (Å²) in [5.41, 5.74) is 1.73. The molecule has 0 bridgehead atoms. The molecule has 5 nitrogen and oxygen atoms in total. The van der Waals surface area contributed by atoms with E-state index in [0.717, 1.165) is 21.5 Å². The van der Waals surface area contributed by atoms with Gasteiger partial charge in [-0.25, -0.2) is 0 Å². The molecule has 0 fully saturated rings. The molecule has 2 heterocycles. The zero-order valence-corrected chi connectivity index (χ0v) is 12.7. The molecule has 2 aromatic heterocycles. The van der Waals surface area contributed by atoms with Crippen LogP contribution in [0.15, 0.2) is 35.7 Å². The van der Waals surface area contributed by atoms with Gasteiger partial charge in [0, 0.05) is 19.6 Å². The molecule has 0 unspecified atom stereocenters. The first-order chi connectivity index (χ1) is 9.68. The Morgan fingerprint density at radius 2 is 2.05 bits per heavy atom. The fraction of sp³-hybridized carbons (Fsp3) is 0.154. The van der Waals surface area contributed by atoms with Crippen LogP contribution in [0.1, 0.15) is 0 Å². The molecule has 0 saturated heterocycles. The summed E-state index contributed by atoms with van der Waals surface area (Å²) in [4.78, 5) is 1.05. The highest BCUT2D eigenvalue weighted by molar-refractivity contribution is 7.62. The Bertz CT molecular complexity index is 774. The van der Waals surface area contributed by atoms with Gasteiger partial charge < -0.3 is 9.05 Å². The molecule has 0 aliphatic rings. The molecule has 1 aromatic carbocycles. The average Bonchev–Trinajstić information content (AvgIpc) is 3.14. The van der Waals surface area contributed by atoms with Gasteiger partial charge >= 0.3 is 7.60 Å². The number of thiophene rings is 1. The van der Waals surface area contributed by atoms with Crippen molar-refractivity contribution in [1.29, 1.82) is 0 Å². The van der Waals surface area contributed by atoms with Gasteiger partial charge in [0.15, 0.2) is 0 Å². The predicted molar refractivity (Wildman–Crippen MR) is 80.7 cm³/mol. The summed E-state index contributed by atoms with van der Waals surface area (Å²) >= 11 is 1.61. The predicted octanol–water partition coefficient (Wildman–Crippen LogP) is 3.40. The lowest BCUT2D eigenvalue weighted by Crippen LogP contribution is -2.07. The van der Waals surface area contributed by atoms with Crippen molar-refractivity contribution in [2.45, 2.75) is 0 Å². The van der Waals surface area contributed by atoms with Gasteiger partial charge in [-0.3, -0.25) is 9.66 Å². The van der Waals surface area contributed by atoms with Crippen LogP contribution in [-0.4, -0.2) is 24.4 Å². The second-order valence-electron chi connectivity index (χ2n) is 4.14. The van der Waals surface area contributed by atoms with Crippen LogP contribution in [0.5, 0.6) is 0 Å². The zero-order valence-electron chi connectivity index (χ0n) is 11.0. The molecule has 0 saturated carbocycles. The third kappa shape index (κ3) is 2.11. The lowest BCUT2D eigenvalue weighted by atomic mass is 10.2. The number of H-pyrrole nitrogens is 1. The largest absolute Gasteiger partial charge is 0.360 e. The summed E-state index contributed by atoms with van der Waals surface area (Å²) in [6, 6.07) is 9.34. The maximum absolute atomic E-state index is 12.4. The van der Waals surface area contributed by atoms with E-state index < -0.39 is 7.60 Å². The highest BCUT2D eigenvalue weighted by Crippen LogP contribution is 2.45. The zero-order chi connectivity index (χ0) is 14.2. The van der Waals surface area contributed by atoms with Crippen LogP contribution in [0.3, 0.4) is 0 Å². The normalized spacial score (nSPS) is 12.1. The van der Waals surface area contributed by atoms with Crippen LogP contribution in [0, 0.1) is 0 Å². The Morgan fingerprint density at radius 1 is 1.25 bits per heavy atom. The molecule has 20 heavy (non-hydrogen) atoms. The van der Waals surface area contributed by atoms with Gasteiger partial charge in [-0.15, -0.1) is 11.3 Å². The molecule has 1 N–H and O–H groups in total. The number of hydrogen-bond acceptors (Lipinski definition) is 5. The number of benzene rings is 1. The molecule has 7 heteroatoms. The van der Waals surface area contributed by atoms with Gasteiger partial charge in [-0.1, -0.05) is 6.07 Å². The van der Waals surface area contributed by atoms with Gasteiger partial charge in [0.1, 0.15) is 5.69 Å². The summed E-state index contributed by atoms with van der Waals surface area (Å²) in [5, 5.41) is 10.7. The summed E-state index contributed by atoms with van der Waals surface area (Å²) < 4.78 is 22.5. The molecule has 0 spiro atoms. The second-order valence-corrected chi connectivity index (χ2v) is 7.33. The fourth-order valence-corrected chi connectivity index (χ4v) is 3.90. The number of nitrogens with one attached hydrogen (secondary N) is 1. The third-order valence-corrected chi connectivity index (χ3v) is 5.85. The second kappa shape index (κ2) is 5.14. The maximum Gasteiger partial charge on any atom is 0.360 e. The fourth-order valence-electron chi connectivity index (χ4n) is 2.06. The van der Waals surface area contributed by atoms with E-state index in [1.54, 1.807) is 17.4 Å². The monoisotopic (exact) mass is 308 g/mol. The van der Waals surface area contributed by atoms with Gasteiger partial charge in [0.2, 0.25) is 0 Å². The molecule has 0 aliphatic heterocycles. The number of nitrogens with zero attached hydrogens (tertiary/aromatic N) is 1. The number of aromatic nitrogens is 2. The highest BCUT2D eigenvalue weighted by atomic mass is 32.1. The summed E-state index contributed by atoms with van der Waals surface area (Å²) in [7, 11) is -0.490. The molecule has 3 aromatic rings. The van der Waals surface area contributed by atoms with Crippen molar-refractivity contribution in [2.24, 2.45) is 0 Å². The molecule has 104 valence electrons. The van der Waals surface area contributed by atoms with Crippen LogP contribution in [0.25, 0.3) is 21.5 Å². The van der Waals surface area contributed by atoms with Crippen LogP contribution in [-0.2, 0) is 13.6 Å². The van der Waals surface area contributed by atoms with Crippen LogP contribution in [0.2, 0.25) is 0 Å². The van der Waals surface area contributed by atoms with E-state index in [2.05, 4.69) is 10.2 Å². The third-order valence-electron chi connectivity index (χ3n) is 3.10. The Kier molecular flexibility index (Phi) is 3.48. The minimum absolute atomic E-state index is 0.522. The quantitative estimate of drug-likeness (QED) is 0.750. The van der Waals surface area contributed by atoms with Crippen molar-refractivity contribution >= 4 is 35.1 Å². The minimum atomic E-state index is -3.25. The summed E-state index contributed by atoms with van der Waals surface area (Å²) in [6.45, 7) is 0. The highest BCUT2D eigenvalue weighted by Gasteiger charge is 2.25. The van der Waals surface area contributed by atoms with E-state index in [1.807, 2.05) is 29.6 Å². The number of aromatic amines is 1. The standard InChI is InChI=1S/C13H13N2O3PS/c1-17-19(16,18-2)9-5-6-11-10(8-9)13(15-14-11)12-4-3-7-20-12/h3-8H,1-2H3,(H,14,15). The number of rotatable bonds is 4. The smallest absolute Gasteiger partial charge is 0.309 e. The van der Waals surface area contributed by atoms with Crippen molar-refractivity contribution < 1.29 is 13.6 Å². The number of hydrogen-bond donors (Lipinski definition) is 1. The SMILES string of the molecule is COP(=O)(OC)c1ccc2[nH]nc(-c3cccs3)c2c1. The Morgan fingerprint density at radius 3 is 2.70 bits per heavy atom. The van der Waals surface area contributed by atoms with E-state index in [9.17, 15) is 4.57 Å². The lowest BCUT2D eigenvalue weighted by Gasteiger charge is -2.13. The van der Waals surface area contributed by atoms with Crippen molar-refractivity contribution in [1.82, 2.24) is 10.2 Å². The topological polar surface area (TPSA) is 64.2 Å². The molecular weight excluding hydrogens is 295 g/mol. The van der Waals surface area contributed by atoms with Gasteiger partial charge in [0.25, 0.3) is 0 Å². The van der Waals surface area contributed by atoms with E-state index in [0.29, 0.717) is 5.30 Å². The van der Waals surface area contributed by atoms with Crippen LogP contribution in [0.4, 0.5) is 0 Å². The average molecular weight is 308 g/mol. The van der Waals surface area contributed by atoms with Gasteiger partial charge in [0.05, 0.1) is 15.7 Å². The molecule has 0 radical (unpaired) electrons. The molecule has 0 amide bonds. The maximum atomic E-state index is 12.4. The minimum Gasteiger partial charge on any atom is -0.309 e. The Balaban J connectivity index is 2.20. The van der Waals surface area contributed by atoms with Crippen LogP contribution >= 0.6 is 18.9 Å². The van der Waals surface area contributed by atoms with Crippen molar-refractivity contribution in [3.05, 3.63) is 35.7 Å². The van der Waals surface area contributed by atoms with Gasteiger partial charge in [-0.2, -0.15) is 5.10 Å². The summed E-state index contributed by atoms with van der Waals surface area (Å²) in [6.07, 6.45) is 0. The van der Waals surface area contributed by atoms with Gasteiger partial charge in [-0.05, 0) is 29.6 Å². The van der Waals surface area contributed by atoms with Crippen LogP contribution < -0.4 is 5.30 Å². The molecule has 0 atom stereocenters. The van der Waals surface area contributed by atoms with Crippen molar-refractivity contribution in [3.63, 3.8) is 0 Å². The van der Waals surface area contributed by atoms with E-state index in [1.165, 1.54) is 14.2 Å². The van der Waals surface area contributed by atoms with E-state index >= 15 is 0 Å². The number of fused-ring (bicyclic) bond motifs is 1. The van der Waals surface area contributed by atoms with E-state index in [-0.39, 0.29) is 0 Å². The Labute approximate surface area is 120 Å². The lowest BCUT2D eigenvalue weighted by molar-refractivity contribution is 0.287. The molecule has 3 rings (SSSR count). The first kappa shape index (κ1) is 13.5. The van der Waals surface area contributed by atoms with Crippen molar-refractivity contribution in [3.8, 4) is 10.6 Å². The molecular formula is C13H13N2O3PS. The first-order valence-electron chi connectivity index (χ1n) is 5.92.